The zero-order chi connectivity index (χ0) is 57.2. The summed E-state index contributed by atoms with van der Waals surface area (Å²) in [6, 6.07) is 71.6. The predicted molar refractivity (Wildman–Crippen MR) is 344 cm³/mol. The second-order valence-corrected chi connectivity index (χ2v) is 26.3. The maximum absolute atomic E-state index is 7.27. The van der Waals surface area contributed by atoms with E-state index >= 15 is 0 Å². The molecule has 0 aliphatic carbocycles. The molecule has 1 aliphatic heterocycles. The van der Waals surface area contributed by atoms with Gasteiger partial charge in [0.2, 0.25) is 0 Å². The van der Waals surface area contributed by atoms with Crippen molar-refractivity contribution >= 4 is 38.9 Å². The Bertz CT molecular complexity index is 3860. The molecule has 1 aliphatic rings. The van der Waals surface area contributed by atoms with E-state index in [-0.39, 0.29) is 33.5 Å². The third-order valence-electron chi connectivity index (χ3n) is 17.2. The number of nitrogens with zero attached hydrogens (tertiary/aromatic N) is 4. The van der Waals surface area contributed by atoms with Gasteiger partial charge in [-0.15, -0.1) is 0 Å². The normalized spacial score (nSPS) is 13.5. The van der Waals surface area contributed by atoms with Crippen LogP contribution < -0.4 is 14.5 Å². The fourth-order valence-electron chi connectivity index (χ4n) is 12.0. The van der Waals surface area contributed by atoms with E-state index in [9.17, 15) is 0 Å². The fraction of sp³-hybridized carbons (Fsp3) is 0.276. The SMILES string of the molecule is CC(C)c1cccc(C(C)C)c1C1=CN(c2cc(C(C)(C)c3ccccc3)cc(C(C)(C)c3ccccc3)c2)CN1c1cc(Oc2ccc3c4cc(C(C)(C)C)ccc4n(-c4cc(C(C)(C)C)ccn4)c3c2)cc(-c2ccccc2)c1. The monoisotopic (exact) mass is 1060 g/mol. The molecule has 0 N–H and O–H groups in total. The van der Waals surface area contributed by atoms with Crippen LogP contribution >= 0.6 is 0 Å². The summed E-state index contributed by atoms with van der Waals surface area (Å²) in [6.07, 6.45) is 4.38. The molecular weight excluding hydrogens is 985 g/mol. The van der Waals surface area contributed by atoms with Gasteiger partial charge in [0.05, 0.1) is 23.4 Å². The molecule has 2 aromatic heterocycles. The van der Waals surface area contributed by atoms with Crippen molar-refractivity contribution in [1.82, 2.24) is 9.55 Å². The predicted octanol–water partition coefficient (Wildman–Crippen LogP) is 20.4. The van der Waals surface area contributed by atoms with Crippen molar-refractivity contribution in [2.24, 2.45) is 0 Å². The van der Waals surface area contributed by atoms with Gasteiger partial charge in [0.15, 0.2) is 0 Å². The average Bonchev–Trinajstić information content (AvgIpc) is 4.19. The third kappa shape index (κ3) is 10.6. The Morgan fingerprint density at radius 3 is 1.59 bits per heavy atom. The van der Waals surface area contributed by atoms with Gasteiger partial charge in [0, 0.05) is 63.1 Å². The highest BCUT2D eigenvalue weighted by atomic mass is 16.5. The summed E-state index contributed by atoms with van der Waals surface area (Å²) in [7, 11) is 0. The number of benzene rings is 8. The van der Waals surface area contributed by atoms with E-state index in [4.69, 9.17) is 9.72 Å². The molecule has 0 radical (unpaired) electrons. The van der Waals surface area contributed by atoms with Gasteiger partial charge in [-0.1, -0.05) is 218 Å². The van der Waals surface area contributed by atoms with Crippen molar-refractivity contribution in [3.8, 4) is 28.4 Å². The first-order chi connectivity index (χ1) is 38.6. The van der Waals surface area contributed by atoms with E-state index in [0.717, 1.165) is 56.2 Å². The van der Waals surface area contributed by atoms with Crippen molar-refractivity contribution in [2.75, 3.05) is 16.5 Å². The summed E-state index contributed by atoms with van der Waals surface area (Å²) in [5, 5.41) is 2.36. The average molecular weight is 1070 g/mol. The lowest BCUT2D eigenvalue weighted by molar-refractivity contribution is 0.483. The lowest BCUT2D eigenvalue weighted by atomic mass is 9.73. The number of aromatic nitrogens is 2. The highest BCUT2D eigenvalue weighted by molar-refractivity contribution is 6.10. The summed E-state index contributed by atoms with van der Waals surface area (Å²) in [6.45, 7) is 33.0. The van der Waals surface area contributed by atoms with E-state index in [1.54, 1.807) is 0 Å². The van der Waals surface area contributed by atoms with Crippen LogP contribution in [-0.2, 0) is 21.7 Å². The maximum atomic E-state index is 7.27. The third-order valence-corrected chi connectivity index (χ3v) is 17.2. The van der Waals surface area contributed by atoms with Gasteiger partial charge in [-0.2, -0.15) is 0 Å². The number of ether oxygens (including phenoxy) is 1. The van der Waals surface area contributed by atoms with Crippen LogP contribution in [0.15, 0.2) is 207 Å². The fourth-order valence-corrected chi connectivity index (χ4v) is 12.0. The van der Waals surface area contributed by atoms with E-state index in [0.29, 0.717) is 6.67 Å². The molecule has 0 unspecified atom stereocenters. The lowest BCUT2D eigenvalue weighted by Crippen LogP contribution is -2.28. The number of anilines is 2. The van der Waals surface area contributed by atoms with Gasteiger partial charge in [-0.05, 0) is 139 Å². The largest absolute Gasteiger partial charge is 0.457 e. The minimum Gasteiger partial charge on any atom is -0.457 e. The zero-order valence-corrected chi connectivity index (χ0v) is 50.2. The summed E-state index contributed by atoms with van der Waals surface area (Å²) in [5.41, 5.74) is 18.7. The van der Waals surface area contributed by atoms with Crippen molar-refractivity contribution in [3.63, 3.8) is 0 Å². The first kappa shape index (κ1) is 54.8. The van der Waals surface area contributed by atoms with Gasteiger partial charge in [-0.3, -0.25) is 4.57 Å². The van der Waals surface area contributed by atoms with E-state index < -0.39 is 0 Å². The summed E-state index contributed by atoms with van der Waals surface area (Å²) in [5.74, 6) is 2.98. The molecule has 0 atom stereocenters. The van der Waals surface area contributed by atoms with Crippen LogP contribution in [0.1, 0.15) is 159 Å². The van der Waals surface area contributed by atoms with E-state index in [1.807, 2.05) is 6.20 Å². The molecule has 10 aromatic rings. The first-order valence-electron chi connectivity index (χ1n) is 29.2. The van der Waals surface area contributed by atoms with Crippen molar-refractivity contribution in [1.29, 1.82) is 0 Å². The first-order valence-corrected chi connectivity index (χ1v) is 29.2. The van der Waals surface area contributed by atoms with Gasteiger partial charge in [0.25, 0.3) is 0 Å². The minimum atomic E-state index is -0.282. The highest BCUT2D eigenvalue weighted by Gasteiger charge is 2.34. The van der Waals surface area contributed by atoms with Gasteiger partial charge >= 0.3 is 0 Å². The molecule has 410 valence electrons. The molecule has 0 saturated heterocycles. The zero-order valence-electron chi connectivity index (χ0n) is 50.2. The molecule has 5 heteroatoms. The molecule has 0 saturated carbocycles. The molecular formula is C76H80N4O. The molecule has 0 spiro atoms. The number of fused-ring (bicyclic) bond motifs is 3. The van der Waals surface area contributed by atoms with Crippen LogP contribution in [0.5, 0.6) is 11.5 Å². The molecule has 0 amide bonds. The molecule has 8 aromatic carbocycles. The van der Waals surface area contributed by atoms with Crippen LogP contribution in [0.3, 0.4) is 0 Å². The Labute approximate surface area is 482 Å². The quantitative estimate of drug-likeness (QED) is 0.115. The summed E-state index contributed by atoms with van der Waals surface area (Å²) < 4.78 is 9.59. The van der Waals surface area contributed by atoms with Crippen LogP contribution in [-0.4, -0.2) is 16.2 Å². The molecule has 11 rings (SSSR count). The van der Waals surface area contributed by atoms with E-state index in [2.05, 4.69) is 312 Å². The molecule has 81 heavy (non-hydrogen) atoms. The minimum absolute atomic E-state index is 0.0161. The van der Waals surface area contributed by atoms with Crippen molar-refractivity contribution in [3.05, 3.63) is 257 Å². The Morgan fingerprint density at radius 2 is 1.01 bits per heavy atom. The van der Waals surface area contributed by atoms with Crippen LogP contribution in [0.25, 0.3) is 44.4 Å². The Morgan fingerprint density at radius 1 is 0.432 bits per heavy atom. The van der Waals surface area contributed by atoms with Crippen molar-refractivity contribution in [2.45, 2.75) is 130 Å². The smallest absolute Gasteiger partial charge is 0.137 e. The van der Waals surface area contributed by atoms with Gasteiger partial charge in [-0.25, -0.2) is 4.98 Å². The molecule has 0 bridgehead atoms. The molecule has 5 nitrogen and oxygen atoms in total. The van der Waals surface area contributed by atoms with Crippen LogP contribution in [0, 0.1) is 0 Å². The maximum Gasteiger partial charge on any atom is 0.137 e. The highest BCUT2D eigenvalue weighted by Crippen LogP contribution is 2.47. The lowest BCUT2D eigenvalue weighted by Gasteiger charge is -2.33. The second kappa shape index (κ2) is 21.1. The Hall–Kier alpha value is -8.15. The Kier molecular flexibility index (Phi) is 14.2. The second-order valence-electron chi connectivity index (χ2n) is 26.3. The number of rotatable bonds is 13. The summed E-state index contributed by atoms with van der Waals surface area (Å²) in [4.78, 5) is 10.1. The van der Waals surface area contributed by atoms with Crippen LogP contribution in [0.4, 0.5) is 11.4 Å². The van der Waals surface area contributed by atoms with Gasteiger partial charge in [0.1, 0.15) is 17.3 Å². The van der Waals surface area contributed by atoms with Gasteiger partial charge < -0.3 is 14.5 Å². The number of hydrogen-bond acceptors (Lipinski definition) is 4. The number of pyridine rings is 1. The standard InChI is InChI=1S/C76H80N4O/c1-50(2)64-31-24-32-65(51(3)4)72(64)70-48-78(60-42-58(75(11,12)54-27-20-16-21-28-54)41-59(43-60)76(13,14)55-29-22-17-23-30-55)49-79(70)61-39-53(52-25-18-15-19-26-52)40-63(46-61)81-62-34-35-66-67-44-56(73(5,6)7)33-36-68(67)80(69(66)47-62)71-45-57(37-38-77-71)74(8,9)10/h15-48,50-51H,49H2,1-14H3. The summed E-state index contributed by atoms with van der Waals surface area (Å²) >= 11 is 0. The molecule has 0 fully saturated rings. The topological polar surface area (TPSA) is 33.5 Å². The molecule has 3 heterocycles. The van der Waals surface area contributed by atoms with Crippen molar-refractivity contribution < 1.29 is 4.74 Å². The van der Waals surface area contributed by atoms with E-state index in [1.165, 1.54) is 61.2 Å². The Balaban J connectivity index is 1.10. The number of hydrogen-bond donors (Lipinski definition) is 0. The van der Waals surface area contributed by atoms with Crippen LogP contribution in [0.2, 0.25) is 0 Å².